The van der Waals surface area contributed by atoms with Crippen molar-refractivity contribution in [1.82, 2.24) is 5.32 Å². The van der Waals surface area contributed by atoms with Gasteiger partial charge in [-0.3, -0.25) is 4.79 Å². The van der Waals surface area contributed by atoms with E-state index in [1.807, 2.05) is 24.3 Å². The standard InChI is InChI=1S/C23H31N3O5/c1-28-19-8-6-5-7-18(19)26-11-9-25(10-12-26)16-23(27)24-15-17-13-21(30-3)22(31-4)14-20(17)29-2/h5-8,13-14H,9-12,15-16H2,1-4H3,(H,24,27)/p+1. The molecule has 0 saturated carbocycles. The molecular weight excluding hydrogens is 398 g/mol. The molecule has 0 unspecified atom stereocenters. The third-order valence-corrected chi connectivity index (χ3v) is 5.57. The summed E-state index contributed by atoms with van der Waals surface area (Å²) in [4.78, 5) is 16.1. The molecule has 0 aromatic heterocycles. The fourth-order valence-corrected chi connectivity index (χ4v) is 3.85. The minimum atomic E-state index is 0.0116. The second kappa shape index (κ2) is 10.8. The zero-order valence-corrected chi connectivity index (χ0v) is 18.7. The van der Waals surface area contributed by atoms with Gasteiger partial charge in [-0.2, -0.15) is 0 Å². The number of rotatable bonds is 9. The van der Waals surface area contributed by atoms with E-state index in [9.17, 15) is 4.79 Å². The van der Waals surface area contributed by atoms with Crippen molar-refractivity contribution in [3.63, 3.8) is 0 Å². The van der Waals surface area contributed by atoms with E-state index in [0.29, 0.717) is 30.3 Å². The zero-order chi connectivity index (χ0) is 22.2. The van der Waals surface area contributed by atoms with Crippen LogP contribution in [0, 0.1) is 0 Å². The molecule has 0 aliphatic carbocycles. The van der Waals surface area contributed by atoms with Crippen molar-refractivity contribution in [2.24, 2.45) is 0 Å². The Morgan fingerprint density at radius 1 is 0.903 bits per heavy atom. The number of hydrogen-bond donors (Lipinski definition) is 2. The number of carbonyl (C=O) groups excluding carboxylic acids is 1. The number of piperazine rings is 1. The number of benzene rings is 2. The van der Waals surface area contributed by atoms with Crippen LogP contribution in [0.2, 0.25) is 0 Å². The molecule has 0 bridgehead atoms. The molecular formula is C23H32N3O5+. The molecule has 0 radical (unpaired) electrons. The van der Waals surface area contributed by atoms with Crippen LogP contribution in [0.4, 0.5) is 5.69 Å². The van der Waals surface area contributed by atoms with Gasteiger partial charge in [0.15, 0.2) is 18.0 Å². The number of anilines is 1. The number of para-hydroxylation sites is 2. The van der Waals surface area contributed by atoms with E-state index in [0.717, 1.165) is 43.2 Å². The van der Waals surface area contributed by atoms with Gasteiger partial charge >= 0.3 is 0 Å². The molecule has 8 nitrogen and oxygen atoms in total. The lowest BCUT2D eigenvalue weighted by molar-refractivity contribution is -0.892. The average Bonchev–Trinajstić information content (AvgIpc) is 2.82. The number of hydrogen-bond acceptors (Lipinski definition) is 6. The van der Waals surface area contributed by atoms with Crippen LogP contribution in [-0.2, 0) is 11.3 Å². The largest absolute Gasteiger partial charge is 0.496 e. The van der Waals surface area contributed by atoms with Gasteiger partial charge in [0.1, 0.15) is 11.5 Å². The van der Waals surface area contributed by atoms with Gasteiger partial charge < -0.3 is 34.1 Å². The summed E-state index contributed by atoms with van der Waals surface area (Å²) in [6.07, 6.45) is 0. The van der Waals surface area contributed by atoms with Crippen LogP contribution in [0.3, 0.4) is 0 Å². The predicted molar refractivity (Wildman–Crippen MR) is 119 cm³/mol. The molecule has 1 heterocycles. The number of nitrogens with zero attached hydrogens (tertiary/aromatic N) is 1. The first-order valence-electron chi connectivity index (χ1n) is 10.4. The maximum atomic E-state index is 12.6. The van der Waals surface area contributed by atoms with E-state index in [4.69, 9.17) is 18.9 Å². The first kappa shape index (κ1) is 22.6. The molecule has 0 atom stereocenters. The van der Waals surface area contributed by atoms with Crippen molar-refractivity contribution in [2.45, 2.75) is 6.54 Å². The normalized spacial score (nSPS) is 14.1. The van der Waals surface area contributed by atoms with Crippen molar-refractivity contribution < 1.29 is 28.6 Å². The van der Waals surface area contributed by atoms with Crippen LogP contribution < -0.4 is 34.1 Å². The molecule has 8 heteroatoms. The number of carbonyl (C=O) groups is 1. The quantitative estimate of drug-likeness (QED) is 0.612. The highest BCUT2D eigenvalue weighted by Gasteiger charge is 2.24. The summed E-state index contributed by atoms with van der Waals surface area (Å²) in [6, 6.07) is 11.6. The molecule has 31 heavy (non-hydrogen) atoms. The summed E-state index contributed by atoms with van der Waals surface area (Å²) in [5.74, 6) is 2.73. The fraction of sp³-hybridized carbons (Fsp3) is 0.435. The monoisotopic (exact) mass is 430 g/mol. The lowest BCUT2D eigenvalue weighted by Gasteiger charge is -2.34. The molecule has 1 aliphatic heterocycles. The van der Waals surface area contributed by atoms with Gasteiger partial charge in [0.25, 0.3) is 5.91 Å². The lowest BCUT2D eigenvalue weighted by Crippen LogP contribution is -3.15. The van der Waals surface area contributed by atoms with E-state index < -0.39 is 0 Å². The van der Waals surface area contributed by atoms with E-state index >= 15 is 0 Å². The van der Waals surface area contributed by atoms with Gasteiger partial charge in [-0.1, -0.05) is 12.1 Å². The summed E-state index contributed by atoms with van der Waals surface area (Å²) in [6.45, 7) is 4.35. The smallest absolute Gasteiger partial charge is 0.275 e. The highest BCUT2D eigenvalue weighted by molar-refractivity contribution is 5.77. The SMILES string of the molecule is COc1cc(OC)c(OC)cc1CNC(=O)C[NH+]1CCN(c2ccccc2OC)CC1. The molecule has 1 saturated heterocycles. The second-order valence-electron chi connectivity index (χ2n) is 7.38. The Morgan fingerprint density at radius 2 is 1.52 bits per heavy atom. The first-order chi connectivity index (χ1) is 15.1. The van der Waals surface area contributed by atoms with Gasteiger partial charge in [-0.05, 0) is 18.2 Å². The molecule has 2 aromatic carbocycles. The lowest BCUT2D eigenvalue weighted by atomic mass is 10.1. The number of methoxy groups -OCH3 is 4. The fourth-order valence-electron chi connectivity index (χ4n) is 3.85. The van der Waals surface area contributed by atoms with Crippen molar-refractivity contribution in [3.8, 4) is 23.0 Å². The van der Waals surface area contributed by atoms with Crippen LogP contribution in [-0.4, -0.2) is 67.1 Å². The highest BCUT2D eigenvalue weighted by atomic mass is 16.5. The van der Waals surface area contributed by atoms with Crippen molar-refractivity contribution >= 4 is 11.6 Å². The number of amides is 1. The van der Waals surface area contributed by atoms with Crippen molar-refractivity contribution in [1.29, 1.82) is 0 Å². The van der Waals surface area contributed by atoms with Gasteiger partial charge in [0, 0.05) is 18.2 Å². The first-order valence-corrected chi connectivity index (χ1v) is 10.4. The maximum Gasteiger partial charge on any atom is 0.275 e. The van der Waals surface area contributed by atoms with Gasteiger partial charge in [-0.15, -0.1) is 0 Å². The highest BCUT2D eigenvalue weighted by Crippen LogP contribution is 2.34. The van der Waals surface area contributed by atoms with Gasteiger partial charge in [0.2, 0.25) is 0 Å². The Balaban J connectivity index is 1.52. The molecule has 0 spiro atoms. The van der Waals surface area contributed by atoms with Crippen LogP contribution in [0.25, 0.3) is 0 Å². The second-order valence-corrected chi connectivity index (χ2v) is 7.38. The summed E-state index contributed by atoms with van der Waals surface area (Å²) < 4.78 is 21.6. The third kappa shape index (κ3) is 5.52. The Kier molecular flexibility index (Phi) is 7.83. The molecule has 2 aromatic rings. The van der Waals surface area contributed by atoms with E-state index in [1.165, 1.54) is 4.90 Å². The summed E-state index contributed by atoms with van der Waals surface area (Å²) in [7, 11) is 6.45. The van der Waals surface area contributed by atoms with Crippen LogP contribution in [0.5, 0.6) is 23.0 Å². The topological polar surface area (TPSA) is 73.7 Å². The van der Waals surface area contributed by atoms with Crippen LogP contribution >= 0.6 is 0 Å². The molecule has 2 N–H and O–H groups in total. The molecule has 168 valence electrons. The minimum Gasteiger partial charge on any atom is -0.496 e. The van der Waals surface area contributed by atoms with Crippen LogP contribution in [0.15, 0.2) is 36.4 Å². The van der Waals surface area contributed by atoms with E-state index in [2.05, 4.69) is 16.3 Å². The molecule has 1 amide bonds. The average molecular weight is 431 g/mol. The van der Waals surface area contributed by atoms with Crippen molar-refractivity contribution in [3.05, 3.63) is 42.0 Å². The van der Waals surface area contributed by atoms with Crippen LogP contribution in [0.1, 0.15) is 5.56 Å². The summed E-state index contributed by atoms with van der Waals surface area (Å²) in [5, 5.41) is 3.00. The zero-order valence-electron chi connectivity index (χ0n) is 18.7. The third-order valence-electron chi connectivity index (χ3n) is 5.57. The Labute approximate surface area is 183 Å². The molecule has 3 rings (SSSR count). The number of ether oxygens (including phenoxy) is 4. The summed E-state index contributed by atoms with van der Waals surface area (Å²) >= 11 is 0. The molecule has 1 aliphatic rings. The predicted octanol–water partition coefficient (Wildman–Crippen LogP) is 0.742. The summed E-state index contributed by atoms with van der Waals surface area (Å²) in [5.41, 5.74) is 1.94. The van der Waals surface area contributed by atoms with Gasteiger partial charge in [-0.25, -0.2) is 0 Å². The Hall–Kier alpha value is -3.13. The van der Waals surface area contributed by atoms with E-state index in [1.54, 1.807) is 34.5 Å². The molecule has 1 fully saturated rings. The van der Waals surface area contributed by atoms with Gasteiger partial charge in [0.05, 0.1) is 60.3 Å². The maximum absolute atomic E-state index is 12.6. The minimum absolute atomic E-state index is 0.0116. The number of quaternary nitrogens is 1. The Bertz CT molecular complexity index is 882. The Morgan fingerprint density at radius 3 is 2.16 bits per heavy atom. The number of nitrogens with one attached hydrogen (secondary N) is 2. The van der Waals surface area contributed by atoms with Crippen molar-refractivity contribution in [2.75, 3.05) is 66.1 Å². The van der Waals surface area contributed by atoms with E-state index in [-0.39, 0.29) is 5.91 Å².